The van der Waals surface area contributed by atoms with Crippen LogP contribution in [-0.2, 0) is 6.54 Å². The Labute approximate surface area is 120 Å². The van der Waals surface area contributed by atoms with Crippen LogP contribution in [0.25, 0.3) is 11.1 Å². The van der Waals surface area contributed by atoms with E-state index in [-0.39, 0.29) is 5.82 Å². The molecule has 2 aromatic rings. The molecule has 0 bridgehead atoms. The fraction of sp³-hybridized carbons (Fsp3) is 0.333. The molecule has 20 heavy (non-hydrogen) atoms. The smallest absolute Gasteiger partial charge is 0.124 e. The lowest BCUT2D eigenvalue weighted by Crippen LogP contribution is -2.13. The first-order valence-electron chi connectivity index (χ1n) is 7.18. The van der Waals surface area contributed by atoms with Gasteiger partial charge in [-0.1, -0.05) is 25.1 Å². The Morgan fingerprint density at radius 2 is 1.85 bits per heavy atom. The third-order valence-electron chi connectivity index (χ3n) is 3.41. The van der Waals surface area contributed by atoms with Crippen molar-refractivity contribution in [2.75, 3.05) is 6.54 Å². The van der Waals surface area contributed by atoms with Crippen LogP contribution in [0.15, 0.2) is 36.4 Å². The van der Waals surface area contributed by atoms with E-state index in [4.69, 9.17) is 0 Å². The molecule has 2 heteroatoms. The molecule has 0 aromatic heterocycles. The topological polar surface area (TPSA) is 12.0 Å². The summed E-state index contributed by atoms with van der Waals surface area (Å²) < 4.78 is 13.6. The molecule has 0 heterocycles. The number of benzene rings is 2. The summed E-state index contributed by atoms with van der Waals surface area (Å²) in [4.78, 5) is 0. The van der Waals surface area contributed by atoms with Crippen LogP contribution in [0, 0.1) is 19.7 Å². The Balaban J connectivity index is 2.32. The van der Waals surface area contributed by atoms with Crippen molar-refractivity contribution in [3.05, 3.63) is 58.9 Å². The highest BCUT2D eigenvalue weighted by Crippen LogP contribution is 2.26. The lowest BCUT2D eigenvalue weighted by Gasteiger charge is -2.11. The molecule has 2 aromatic carbocycles. The van der Waals surface area contributed by atoms with Crippen LogP contribution in [0.1, 0.15) is 30.0 Å². The van der Waals surface area contributed by atoms with Gasteiger partial charge in [-0.25, -0.2) is 4.39 Å². The Hall–Kier alpha value is -1.67. The maximum atomic E-state index is 13.6. The van der Waals surface area contributed by atoms with Gasteiger partial charge >= 0.3 is 0 Å². The quantitative estimate of drug-likeness (QED) is 0.783. The van der Waals surface area contributed by atoms with Crippen LogP contribution < -0.4 is 5.32 Å². The van der Waals surface area contributed by atoms with Crippen molar-refractivity contribution in [3.8, 4) is 11.1 Å². The van der Waals surface area contributed by atoms with Gasteiger partial charge in [0.15, 0.2) is 0 Å². The first-order valence-corrected chi connectivity index (χ1v) is 7.18. The summed E-state index contributed by atoms with van der Waals surface area (Å²) in [6.45, 7) is 8.02. The summed E-state index contributed by atoms with van der Waals surface area (Å²) in [5, 5.41) is 3.40. The molecule has 106 valence electrons. The van der Waals surface area contributed by atoms with Crippen molar-refractivity contribution in [3.63, 3.8) is 0 Å². The van der Waals surface area contributed by atoms with E-state index in [9.17, 15) is 4.39 Å². The SMILES string of the molecule is CCCNCc1ccc(C)c(-c2cc(C)cc(F)c2)c1. The van der Waals surface area contributed by atoms with E-state index >= 15 is 0 Å². The normalized spacial score (nSPS) is 10.8. The van der Waals surface area contributed by atoms with Crippen molar-refractivity contribution in [2.24, 2.45) is 0 Å². The van der Waals surface area contributed by atoms with E-state index in [0.29, 0.717) is 0 Å². The molecule has 1 nitrogen and oxygen atoms in total. The minimum atomic E-state index is -0.172. The average molecular weight is 271 g/mol. The van der Waals surface area contributed by atoms with Crippen molar-refractivity contribution in [1.82, 2.24) is 5.32 Å². The maximum Gasteiger partial charge on any atom is 0.124 e. The predicted molar refractivity (Wildman–Crippen MR) is 83.3 cm³/mol. The van der Waals surface area contributed by atoms with Crippen LogP contribution in [-0.4, -0.2) is 6.54 Å². The van der Waals surface area contributed by atoms with Crippen molar-refractivity contribution < 1.29 is 4.39 Å². The van der Waals surface area contributed by atoms with Gasteiger partial charge in [0.1, 0.15) is 5.82 Å². The molecule has 0 aliphatic heterocycles. The number of hydrogen-bond acceptors (Lipinski definition) is 1. The van der Waals surface area contributed by atoms with E-state index in [1.807, 2.05) is 13.0 Å². The molecule has 1 N–H and O–H groups in total. The van der Waals surface area contributed by atoms with Gasteiger partial charge in [-0.2, -0.15) is 0 Å². The average Bonchev–Trinajstić information content (AvgIpc) is 2.40. The summed E-state index contributed by atoms with van der Waals surface area (Å²) >= 11 is 0. The summed E-state index contributed by atoms with van der Waals surface area (Å²) in [5.41, 5.74) is 5.44. The first-order chi connectivity index (χ1) is 9.60. The maximum absolute atomic E-state index is 13.6. The van der Waals surface area contributed by atoms with Crippen molar-refractivity contribution >= 4 is 0 Å². The molecule has 0 fully saturated rings. The fourth-order valence-corrected chi connectivity index (χ4v) is 2.39. The molecule has 2 rings (SSSR count). The Morgan fingerprint density at radius 3 is 2.55 bits per heavy atom. The minimum Gasteiger partial charge on any atom is -0.313 e. The van der Waals surface area contributed by atoms with E-state index in [0.717, 1.165) is 36.2 Å². The Kier molecular flexibility index (Phi) is 4.91. The van der Waals surface area contributed by atoms with Gasteiger partial charge in [-0.15, -0.1) is 0 Å². The van der Waals surface area contributed by atoms with Crippen LogP contribution in [0.3, 0.4) is 0 Å². The third kappa shape index (κ3) is 3.67. The molecular weight excluding hydrogens is 249 g/mol. The standard InChI is InChI=1S/C18H22FN/c1-4-7-20-12-15-6-5-14(3)18(10-15)16-8-13(2)9-17(19)11-16/h5-6,8-11,20H,4,7,12H2,1-3H3. The third-order valence-corrected chi connectivity index (χ3v) is 3.41. The largest absolute Gasteiger partial charge is 0.313 e. The molecule has 0 amide bonds. The minimum absolute atomic E-state index is 0.172. The van der Waals surface area contributed by atoms with E-state index < -0.39 is 0 Å². The van der Waals surface area contributed by atoms with E-state index in [1.54, 1.807) is 12.1 Å². The molecule has 0 saturated heterocycles. The Morgan fingerprint density at radius 1 is 1.05 bits per heavy atom. The van der Waals surface area contributed by atoms with Crippen LogP contribution >= 0.6 is 0 Å². The molecule has 0 spiro atoms. The van der Waals surface area contributed by atoms with Crippen molar-refractivity contribution in [2.45, 2.75) is 33.7 Å². The van der Waals surface area contributed by atoms with Gasteiger partial charge in [-0.3, -0.25) is 0 Å². The number of halogens is 1. The zero-order valence-corrected chi connectivity index (χ0v) is 12.5. The van der Waals surface area contributed by atoms with E-state index in [2.05, 4.69) is 37.4 Å². The summed E-state index contributed by atoms with van der Waals surface area (Å²) in [6.07, 6.45) is 1.13. The highest BCUT2D eigenvalue weighted by molar-refractivity contribution is 5.68. The van der Waals surface area contributed by atoms with Gasteiger partial charge in [-0.05, 0) is 72.8 Å². The zero-order valence-electron chi connectivity index (χ0n) is 12.5. The number of rotatable bonds is 5. The molecule has 0 unspecified atom stereocenters. The Bertz CT molecular complexity index is 570. The van der Waals surface area contributed by atoms with E-state index in [1.165, 1.54) is 11.1 Å². The van der Waals surface area contributed by atoms with Gasteiger partial charge < -0.3 is 5.32 Å². The molecular formula is C18H22FN. The van der Waals surface area contributed by atoms with Crippen molar-refractivity contribution in [1.29, 1.82) is 0 Å². The van der Waals surface area contributed by atoms with Gasteiger partial charge in [0.25, 0.3) is 0 Å². The molecule has 0 aliphatic rings. The predicted octanol–water partition coefficient (Wildman–Crippen LogP) is 4.61. The van der Waals surface area contributed by atoms with Crippen LogP contribution in [0.2, 0.25) is 0 Å². The second-order valence-corrected chi connectivity index (χ2v) is 5.34. The second-order valence-electron chi connectivity index (χ2n) is 5.34. The number of nitrogens with one attached hydrogen (secondary N) is 1. The monoisotopic (exact) mass is 271 g/mol. The summed E-state index contributed by atoms with van der Waals surface area (Å²) in [6, 6.07) is 11.6. The number of hydrogen-bond donors (Lipinski definition) is 1. The zero-order chi connectivity index (χ0) is 14.5. The molecule has 0 aliphatic carbocycles. The molecule has 0 radical (unpaired) electrons. The summed E-state index contributed by atoms with van der Waals surface area (Å²) in [7, 11) is 0. The molecule has 0 saturated carbocycles. The summed E-state index contributed by atoms with van der Waals surface area (Å²) in [5.74, 6) is -0.172. The van der Waals surface area contributed by atoms with Crippen LogP contribution in [0.5, 0.6) is 0 Å². The fourth-order valence-electron chi connectivity index (χ4n) is 2.39. The highest BCUT2D eigenvalue weighted by atomic mass is 19.1. The lowest BCUT2D eigenvalue weighted by molar-refractivity contribution is 0.627. The highest BCUT2D eigenvalue weighted by Gasteiger charge is 2.06. The lowest BCUT2D eigenvalue weighted by atomic mass is 9.97. The van der Waals surface area contributed by atoms with Gasteiger partial charge in [0.05, 0.1) is 0 Å². The second kappa shape index (κ2) is 6.67. The van der Waals surface area contributed by atoms with Gasteiger partial charge in [0.2, 0.25) is 0 Å². The van der Waals surface area contributed by atoms with Gasteiger partial charge in [0, 0.05) is 6.54 Å². The van der Waals surface area contributed by atoms with Crippen LogP contribution in [0.4, 0.5) is 4.39 Å². The molecule has 0 atom stereocenters. The number of aryl methyl sites for hydroxylation is 2. The first kappa shape index (κ1) is 14.7.